The number of benzene rings is 2. The number of rotatable bonds is 6. The largest absolute Gasteiger partial charge is 0.495 e. The molecule has 140 valence electrons. The number of nitrogens with zero attached hydrogens (tertiary/aromatic N) is 1. The van der Waals surface area contributed by atoms with Gasteiger partial charge in [-0.05, 0) is 30.3 Å². The molecule has 0 aliphatic heterocycles. The lowest BCUT2D eigenvalue weighted by molar-refractivity contribution is -0.116. The predicted octanol–water partition coefficient (Wildman–Crippen LogP) is 2.37. The van der Waals surface area contributed by atoms with Crippen LogP contribution in [0.1, 0.15) is 0 Å². The minimum Gasteiger partial charge on any atom is -0.495 e. The van der Waals surface area contributed by atoms with Crippen molar-refractivity contribution in [3.63, 3.8) is 0 Å². The van der Waals surface area contributed by atoms with Crippen LogP contribution in [0.15, 0.2) is 41.3 Å². The molecule has 0 unspecified atom stereocenters. The van der Waals surface area contributed by atoms with Crippen LogP contribution in [-0.4, -0.2) is 39.3 Å². The Hall–Kier alpha value is -2.59. The first-order chi connectivity index (χ1) is 12.2. The Morgan fingerprint density at radius 3 is 2.35 bits per heavy atom. The van der Waals surface area contributed by atoms with Crippen LogP contribution >= 0.6 is 0 Å². The molecular formula is C16H15F3N2O4S. The molecule has 0 heterocycles. The molecule has 0 saturated carbocycles. The van der Waals surface area contributed by atoms with Gasteiger partial charge in [-0.2, -0.15) is 4.31 Å². The average molecular weight is 388 g/mol. The summed E-state index contributed by atoms with van der Waals surface area (Å²) in [6.45, 7) is -0.754. The summed E-state index contributed by atoms with van der Waals surface area (Å²) in [5.74, 6) is -3.91. The fourth-order valence-corrected chi connectivity index (χ4v) is 3.39. The molecule has 0 fully saturated rings. The topological polar surface area (TPSA) is 75.7 Å². The smallest absolute Gasteiger partial charge is 0.247 e. The fourth-order valence-electron chi connectivity index (χ4n) is 2.10. The van der Waals surface area contributed by atoms with Crippen molar-refractivity contribution in [2.45, 2.75) is 4.90 Å². The summed E-state index contributed by atoms with van der Waals surface area (Å²) in [4.78, 5) is 11.5. The van der Waals surface area contributed by atoms with E-state index in [0.717, 1.165) is 43.4 Å². The molecule has 2 aromatic rings. The molecule has 0 aliphatic carbocycles. The molecule has 0 radical (unpaired) electrons. The molecule has 6 nitrogen and oxygen atoms in total. The minimum atomic E-state index is -4.29. The highest BCUT2D eigenvalue weighted by Gasteiger charge is 2.27. The number of nitrogens with one attached hydrogen (secondary N) is 1. The Labute approximate surface area is 148 Å². The van der Waals surface area contributed by atoms with Gasteiger partial charge in [-0.3, -0.25) is 4.79 Å². The summed E-state index contributed by atoms with van der Waals surface area (Å²) in [7, 11) is -2.02. The summed E-state index contributed by atoms with van der Waals surface area (Å²) in [5, 5.41) is 1.97. The van der Waals surface area contributed by atoms with Crippen LogP contribution in [0.3, 0.4) is 0 Å². The van der Waals surface area contributed by atoms with Gasteiger partial charge in [0, 0.05) is 7.05 Å². The van der Waals surface area contributed by atoms with Crippen molar-refractivity contribution in [1.82, 2.24) is 4.31 Å². The number of hydrogen-bond acceptors (Lipinski definition) is 4. The average Bonchev–Trinajstić information content (AvgIpc) is 2.58. The van der Waals surface area contributed by atoms with Crippen LogP contribution in [0, 0.1) is 17.5 Å². The number of hydrogen-bond donors (Lipinski definition) is 1. The number of ether oxygens (including phenoxy) is 1. The first kappa shape index (κ1) is 19.7. The minimum absolute atomic E-state index is 0.112. The molecule has 0 aromatic heterocycles. The van der Waals surface area contributed by atoms with Crippen LogP contribution in [0.4, 0.5) is 18.9 Å². The Bertz CT molecular complexity index is 915. The highest BCUT2D eigenvalue weighted by molar-refractivity contribution is 7.89. The Morgan fingerprint density at radius 1 is 1.15 bits per heavy atom. The molecule has 1 amide bonds. The monoisotopic (exact) mass is 388 g/mol. The lowest BCUT2D eigenvalue weighted by Gasteiger charge is -2.18. The van der Waals surface area contributed by atoms with Crippen LogP contribution in [0.2, 0.25) is 0 Å². The summed E-state index contributed by atoms with van der Waals surface area (Å²) >= 11 is 0. The van der Waals surface area contributed by atoms with Gasteiger partial charge < -0.3 is 10.1 Å². The zero-order chi connectivity index (χ0) is 19.5. The van der Waals surface area contributed by atoms with E-state index in [1.54, 1.807) is 0 Å². The highest BCUT2D eigenvalue weighted by atomic mass is 32.2. The molecule has 26 heavy (non-hydrogen) atoms. The first-order valence-corrected chi connectivity index (χ1v) is 8.64. The SMILES string of the molecule is COc1ccc(F)cc1S(=O)(=O)N(C)CC(=O)Nc1c(F)cccc1F. The molecule has 0 aliphatic rings. The van der Waals surface area contributed by atoms with Crippen LogP contribution < -0.4 is 10.1 Å². The van der Waals surface area contributed by atoms with E-state index in [-0.39, 0.29) is 5.75 Å². The van der Waals surface area contributed by atoms with Gasteiger partial charge in [-0.15, -0.1) is 0 Å². The van der Waals surface area contributed by atoms with Gasteiger partial charge >= 0.3 is 0 Å². The summed E-state index contributed by atoms with van der Waals surface area (Å²) in [6.07, 6.45) is 0. The van der Waals surface area contributed by atoms with Gasteiger partial charge in [0.05, 0.1) is 13.7 Å². The maximum Gasteiger partial charge on any atom is 0.247 e. The van der Waals surface area contributed by atoms with Crippen molar-refractivity contribution in [1.29, 1.82) is 0 Å². The number of anilines is 1. The molecule has 2 rings (SSSR count). The lowest BCUT2D eigenvalue weighted by Crippen LogP contribution is -2.35. The van der Waals surface area contributed by atoms with E-state index in [1.165, 1.54) is 7.11 Å². The molecule has 0 saturated heterocycles. The second kappa shape index (κ2) is 7.75. The van der Waals surface area contributed by atoms with Crippen LogP contribution in [0.25, 0.3) is 0 Å². The lowest BCUT2D eigenvalue weighted by atomic mass is 10.3. The highest BCUT2D eigenvalue weighted by Crippen LogP contribution is 2.27. The van der Waals surface area contributed by atoms with Gasteiger partial charge in [-0.1, -0.05) is 6.07 Å². The van der Waals surface area contributed by atoms with Crippen LogP contribution in [0.5, 0.6) is 5.75 Å². The van der Waals surface area contributed by atoms with E-state index in [0.29, 0.717) is 4.31 Å². The summed E-state index contributed by atoms with van der Waals surface area (Å²) in [6, 6.07) is 5.90. The molecule has 1 N–H and O–H groups in total. The van der Waals surface area contributed by atoms with Crippen molar-refractivity contribution in [3.8, 4) is 5.75 Å². The van der Waals surface area contributed by atoms with Crippen molar-refractivity contribution in [2.24, 2.45) is 0 Å². The summed E-state index contributed by atoms with van der Waals surface area (Å²) < 4.78 is 71.1. The van der Waals surface area contributed by atoms with E-state index in [9.17, 15) is 26.4 Å². The van der Waals surface area contributed by atoms with Gasteiger partial charge in [-0.25, -0.2) is 21.6 Å². The van der Waals surface area contributed by atoms with Crippen LogP contribution in [-0.2, 0) is 14.8 Å². The molecular weight excluding hydrogens is 373 g/mol. The predicted molar refractivity (Wildman–Crippen MR) is 87.8 cm³/mol. The Kier molecular flexibility index (Phi) is 5.88. The zero-order valence-corrected chi connectivity index (χ0v) is 14.6. The number of carbonyl (C=O) groups is 1. The second-order valence-electron chi connectivity index (χ2n) is 5.20. The maximum atomic E-state index is 13.5. The van der Waals surface area contributed by atoms with Gasteiger partial charge in [0.25, 0.3) is 0 Å². The molecule has 10 heteroatoms. The summed E-state index contributed by atoms with van der Waals surface area (Å²) in [5.41, 5.74) is -0.688. The van der Waals surface area contributed by atoms with E-state index < -0.39 is 50.5 Å². The number of methoxy groups -OCH3 is 1. The number of carbonyl (C=O) groups excluding carboxylic acids is 1. The molecule has 2 aromatic carbocycles. The van der Waals surface area contributed by atoms with Crippen molar-refractivity contribution in [2.75, 3.05) is 26.0 Å². The van der Waals surface area contributed by atoms with Crippen molar-refractivity contribution >= 4 is 21.6 Å². The quantitative estimate of drug-likeness (QED) is 0.825. The first-order valence-electron chi connectivity index (χ1n) is 7.20. The Balaban J connectivity index is 2.22. The molecule has 0 atom stereocenters. The third-order valence-corrected chi connectivity index (χ3v) is 5.23. The third kappa shape index (κ3) is 4.14. The molecule has 0 bridgehead atoms. The third-order valence-electron chi connectivity index (χ3n) is 3.41. The molecule has 0 spiro atoms. The van der Waals surface area contributed by atoms with E-state index in [4.69, 9.17) is 4.74 Å². The Morgan fingerprint density at radius 2 is 1.77 bits per heavy atom. The number of halogens is 3. The number of sulfonamides is 1. The number of likely N-dealkylation sites (N-methyl/N-ethyl adjacent to an activating group) is 1. The van der Waals surface area contributed by atoms with E-state index >= 15 is 0 Å². The van der Waals surface area contributed by atoms with E-state index in [2.05, 4.69) is 0 Å². The number of para-hydroxylation sites is 1. The standard InChI is InChI=1S/C16H15F3N2O4S/c1-21(9-15(22)20-16-11(18)4-3-5-12(16)19)26(23,24)14-8-10(17)6-7-13(14)25-2/h3-8H,9H2,1-2H3,(H,20,22). The maximum absolute atomic E-state index is 13.5. The van der Waals surface area contributed by atoms with Gasteiger partial charge in [0.2, 0.25) is 15.9 Å². The van der Waals surface area contributed by atoms with Gasteiger partial charge in [0.15, 0.2) is 0 Å². The number of amides is 1. The van der Waals surface area contributed by atoms with E-state index in [1.807, 2.05) is 5.32 Å². The second-order valence-corrected chi connectivity index (χ2v) is 7.21. The normalized spacial score (nSPS) is 11.5. The zero-order valence-electron chi connectivity index (χ0n) is 13.8. The van der Waals surface area contributed by atoms with Crippen molar-refractivity contribution < 1.29 is 31.1 Å². The fraction of sp³-hybridized carbons (Fsp3) is 0.188. The van der Waals surface area contributed by atoms with Gasteiger partial charge in [0.1, 0.15) is 33.8 Å². The van der Waals surface area contributed by atoms with Crippen molar-refractivity contribution in [3.05, 3.63) is 53.8 Å².